The van der Waals surface area contributed by atoms with Gasteiger partial charge in [0.2, 0.25) is 0 Å². The van der Waals surface area contributed by atoms with E-state index in [1.165, 1.54) is 5.56 Å². The van der Waals surface area contributed by atoms with Crippen molar-refractivity contribution < 1.29 is 9.53 Å². The Balaban J connectivity index is 1.43. The molecule has 2 heterocycles. The van der Waals surface area contributed by atoms with E-state index in [1.807, 2.05) is 37.3 Å². The number of hydrogen-bond acceptors (Lipinski definition) is 4. The Kier molecular flexibility index (Phi) is 6.96. The summed E-state index contributed by atoms with van der Waals surface area (Å²) in [4.78, 5) is 21.5. The molecule has 0 radical (unpaired) electrons. The van der Waals surface area contributed by atoms with E-state index in [0.717, 1.165) is 35.6 Å². The minimum Gasteiger partial charge on any atom is -0.494 e. The molecule has 6 nitrogen and oxygen atoms in total. The summed E-state index contributed by atoms with van der Waals surface area (Å²) in [7, 11) is 0. The highest BCUT2D eigenvalue weighted by Gasteiger charge is 2.19. The number of imidazole rings is 1. The van der Waals surface area contributed by atoms with E-state index in [4.69, 9.17) is 9.72 Å². The molecule has 0 saturated heterocycles. The van der Waals surface area contributed by atoms with Gasteiger partial charge in [0.05, 0.1) is 29.2 Å². The van der Waals surface area contributed by atoms with Crippen LogP contribution >= 0.6 is 0 Å². The number of ether oxygens (including phenoxy) is 1. The van der Waals surface area contributed by atoms with Crippen LogP contribution in [-0.4, -0.2) is 27.0 Å². The summed E-state index contributed by atoms with van der Waals surface area (Å²) in [6.45, 7) is 9.90. The minimum absolute atomic E-state index is 0.126. The van der Waals surface area contributed by atoms with Gasteiger partial charge in [-0.2, -0.15) is 0 Å². The van der Waals surface area contributed by atoms with E-state index in [1.54, 1.807) is 24.5 Å². The van der Waals surface area contributed by atoms with Crippen LogP contribution in [0.5, 0.6) is 5.75 Å². The van der Waals surface area contributed by atoms with Crippen molar-refractivity contribution in [1.82, 2.24) is 19.9 Å². The van der Waals surface area contributed by atoms with Gasteiger partial charge >= 0.3 is 0 Å². The van der Waals surface area contributed by atoms with E-state index in [0.29, 0.717) is 12.2 Å². The van der Waals surface area contributed by atoms with Gasteiger partial charge in [0.15, 0.2) is 0 Å². The van der Waals surface area contributed by atoms with Crippen LogP contribution in [0.2, 0.25) is 0 Å². The lowest BCUT2D eigenvalue weighted by atomic mass is 9.87. The highest BCUT2D eigenvalue weighted by atomic mass is 16.5. The van der Waals surface area contributed by atoms with E-state index < -0.39 is 0 Å². The molecule has 1 amide bonds. The summed E-state index contributed by atoms with van der Waals surface area (Å²) in [6.07, 6.45) is 4.04. The molecule has 176 valence electrons. The van der Waals surface area contributed by atoms with Crippen molar-refractivity contribution in [3.05, 3.63) is 90.0 Å². The fourth-order valence-electron chi connectivity index (χ4n) is 3.97. The van der Waals surface area contributed by atoms with Gasteiger partial charge in [0.25, 0.3) is 5.91 Å². The Labute approximate surface area is 201 Å². The predicted molar refractivity (Wildman–Crippen MR) is 135 cm³/mol. The second kappa shape index (κ2) is 10.1. The molecule has 6 heteroatoms. The molecule has 2 aromatic carbocycles. The summed E-state index contributed by atoms with van der Waals surface area (Å²) >= 11 is 0. The molecule has 0 spiro atoms. The highest BCUT2D eigenvalue weighted by Crippen LogP contribution is 2.25. The molecule has 0 fully saturated rings. The SMILES string of the molecule is CC(NC(=O)c1cccnc1)c1nc2ccccc2n1CCCOc1ccc(C(C)(C)C)cc1. The maximum absolute atomic E-state index is 12.6. The number of carbonyl (C=O) groups excluding carboxylic acids is 1. The van der Waals surface area contributed by atoms with Gasteiger partial charge in [0, 0.05) is 18.9 Å². The smallest absolute Gasteiger partial charge is 0.253 e. The highest BCUT2D eigenvalue weighted by molar-refractivity contribution is 5.94. The third kappa shape index (κ3) is 5.45. The van der Waals surface area contributed by atoms with Crippen LogP contribution < -0.4 is 10.1 Å². The van der Waals surface area contributed by atoms with Gasteiger partial charge in [0.1, 0.15) is 11.6 Å². The van der Waals surface area contributed by atoms with Crippen molar-refractivity contribution in [3.63, 3.8) is 0 Å². The molecule has 0 saturated carbocycles. The topological polar surface area (TPSA) is 69.0 Å². The van der Waals surface area contributed by atoms with E-state index in [9.17, 15) is 4.79 Å². The van der Waals surface area contributed by atoms with Crippen LogP contribution in [0.3, 0.4) is 0 Å². The van der Waals surface area contributed by atoms with Crippen LogP contribution in [0.4, 0.5) is 0 Å². The summed E-state index contributed by atoms with van der Waals surface area (Å²) in [5, 5.41) is 3.05. The average Bonchev–Trinajstić information content (AvgIpc) is 3.21. The Morgan fingerprint density at radius 3 is 2.53 bits per heavy atom. The monoisotopic (exact) mass is 456 g/mol. The van der Waals surface area contributed by atoms with Crippen molar-refractivity contribution >= 4 is 16.9 Å². The molecule has 4 aromatic rings. The van der Waals surface area contributed by atoms with Crippen molar-refractivity contribution in [2.24, 2.45) is 0 Å². The zero-order valence-corrected chi connectivity index (χ0v) is 20.3. The second-order valence-electron chi connectivity index (χ2n) is 9.52. The van der Waals surface area contributed by atoms with Gasteiger partial charge in [-0.3, -0.25) is 9.78 Å². The Morgan fingerprint density at radius 2 is 1.82 bits per heavy atom. The lowest BCUT2D eigenvalue weighted by Crippen LogP contribution is -2.29. The molecular weight excluding hydrogens is 424 g/mol. The number of pyridine rings is 1. The number of hydrogen-bond donors (Lipinski definition) is 1. The van der Waals surface area contributed by atoms with Crippen molar-refractivity contribution in [1.29, 1.82) is 0 Å². The normalized spacial score (nSPS) is 12.5. The molecule has 1 unspecified atom stereocenters. The number of fused-ring (bicyclic) bond motifs is 1. The first-order valence-corrected chi connectivity index (χ1v) is 11.7. The molecular formula is C28H32N4O2. The molecule has 1 N–H and O–H groups in total. The van der Waals surface area contributed by atoms with Crippen molar-refractivity contribution in [2.75, 3.05) is 6.61 Å². The number of nitrogens with zero attached hydrogens (tertiary/aromatic N) is 3. The zero-order chi connectivity index (χ0) is 24.1. The molecule has 0 aliphatic carbocycles. The largest absolute Gasteiger partial charge is 0.494 e. The second-order valence-corrected chi connectivity index (χ2v) is 9.52. The van der Waals surface area contributed by atoms with Gasteiger partial charge in [-0.05, 0) is 60.7 Å². The molecule has 1 atom stereocenters. The number of para-hydroxylation sites is 2. The first-order chi connectivity index (χ1) is 16.3. The molecule has 0 aliphatic rings. The summed E-state index contributed by atoms with van der Waals surface area (Å²) < 4.78 is 8.17. The Hall–Kier alpha value is -3.67. The maximum Gasteiger partial charge on any atom is 0.253 e. The average molecular weight is 457 g/mol. The number of aryl methyl sites for hydroxylation is 1. The fraction of sp³-hybridized carbons (Fsp3) is 0.321. The zero-order valence-electron chi connectivity index (χ0n) is 20.3. The van der Waals surface area contributed by atoms with E-state index >= 15 is 0 Å². The van der Waals surface area contributed by atoms with Crippen molar-refractivity contribution in [3.8, 4) is 5.75 Å². The number of amides is 1. The van der Waals surface area contributed by atoms with Gasteiger partial charge in [-0.25, -0.2) is 4.98 Å². The third-order valence-electron chi connectivity index (χ3n) is 5.86. The number of carbonyl (C=O) groups is 1. The van der Waals surface area contributed by atoms with Crippen LogP contribution in [0.25, 0.3) is 11.0 Å². The summed E-state index contributed by atoms with van der Waals surface area (Å²) in [5.74, 6) is 1.54. The number of rotatable bonds is 8. The Morgan fingerprint density at radius 1 is 1.06 bits per heavy atom. The van der Waals surface area contributed by atoms with Crippen LogP contribution in [-0.2, 0) is 12.0 Å². The van der Waals surface area contributed by atoms with Crippen LogP contribution in [0, 0.1) is 0 Å². The molecule has 34 heavy (non-hydrogen) atoms. The van der Waals surface area contributed by atoms with Gasteiger partial charge < -0.3 is 14.6 Å². The number of aromatic nitrogens is 3. The predicted octanol–water partition coefficient (Wildman–Crippen LogP) is 5.69. The summed E-state index contributed by atoms with van der Waals surface area (Å²) in [5.41, 5.74) is 3.91. The van der Waals surface area contributed by atoms with E-state index in [-0.39, 0.29) is 17.4 Å². The molecule has 0 bridgehead atoms. The molecule has 2 aromatic heterocycles. The van der Waals surface area contributed by atoms with Gasteiger partial charge in [-0.1, -0.05) is 45.0 Å². The minimum atomic E-state index is -0.258. The lowest BCUT2D eigenvalue weighted by molar-refractivity contribution is 0.0937. The lowest BCUT2D eigenvalue weighted by Gasteiger charge is -2.19. The molecule has 0 aliphatic heterocycles. The van der Waals surface area contributed by atoms with Crippen LogP contribution in [0.15, 0.2) is 73.1 Å². The van der Waals surface area contributed by atoms with E-state index in [2.05, 4.69) is 53.8 Å². The number of benzene rings is 2. The maximum atomic E-state index is 12.6. The fourth-order valence-corrected chi connectivity index (χ4v) is 3.97. The third-order valence-corrected chi connectivity index (χ3v) is 5.86. The first-order valence-electron chi connectivity index (χ1n) is 11.7. The van der Waals surface area contributed by atoms with Crippen LogP contribution in [0.1, 0.15) is 61.9 Å². The number of nitrogens with one attached hydrogen (secondary N) is 1. The molecule has 4 rings (SSSR count). The van der Waals surface area contributed by atoms with Gasteiger partial charge in [-0.15, -0.1) is 0 Å². The van der Waals surface area contributed by atoms with Crippen molar-refractivity contribution in [2.45, 2.75) is 52.1 Å². The quantitative estimate of drug-likeness (QED) is 0.346. The Bertz CT molecular complexity index is 1240. The summed E-state index contributed by atoms with van der Waals surface area (Å²) in [6, 6.07) is 19.6. The first kappa shape index (κ1) is 23.5. The standard InChI is InChI=1S/C28H32N4O2/c1-20(30-27(33)21-9-7-16-29-19-21)26-31-24-10-5-6-11-25(24)32(26)17-8-18-34-23-14-12-22(13-15-23)28(2,3)4/h5-7,9-16,19-20H,8,17-18H2,1-4H3,(H,30,33).